The molecule has 0 N–H and O–H groups in total. The van der Waals surface area contributed by atoms with Crippen LogP contribution < -0.4 is 0 Å². The summed E-state index contributed by atoms with van der Waals surface area (Å²) in [5, 5.41) is 3.99. The second-order valence-corrected chi connectivity index (χ2v) is 6.10. The Morgan fingerprint density at radius 3 is 2.46 bits per heavy atom. The Bertz CT molecular complexity index is 1060. The topological polar surface area (TPSA) is 57.0 Å². The number of pyridine rings is 1. The van der Waals surface area contributed by atoms with E-state index >= 15 is 0 Å². The number of hydrogen-bond acceptors (Lipinski definition) is 5. The molecule has 0 aliphatic rings. The van der Waals surface area contributed by atoms with Crippen molar-refractivity contribution in [1.82, 2.24) is 4.40 Å². The minimum atomic E-state index is -0.553. The summed E-state index contributed by atoms with van der Waals surface area (Å²) in [6, 6.07) is 9.60. The fourth-order valence-electron chi connectivity index (χ4n) is 3.16. The van der Waals surface area contributed by atoms with Crippen molar-refractivity contribution in [3.8, 4) is 11.1 Å². The first-order valence-corrected chi connectivity index (χ1v) is 8.20. The van der Waals surface area contributed by atoms with Gasteiger partial charge < -0.3 is 13.9 Å². The van der Waals surface area contributed by atoms with Gasteiger partial charge in [0.1, 0.15) is 11.1 Å². The Morgan fingerprint density at radius 1 is 1.04 bits per heavy atom. The first kappa shape index (κ1) is 14.7. The average molecular weight is 339 g/mol. The van der Waals surface area contributed by atoms with Crippen LogP contribution in [0.3, 0.4) is 0 Å². The number of aromatic nitrogens is 1. The van der Waals surface area contributed by atoms with Gasteiger partial charge in [0.2, 0.25) is 0 Å². The maximum absolute atomic E-state index is 12.5. The van der Waals surface area contributed by atoms with Gasteiger partial charge in [-0.2, -0.15) is 11.3 Å². The van der Waals surface area contributed by atoms with Gasteiger partial charge in [-0.15, -0.1) is 0 Å². The fraction of sp³-hybridized carbons (Fsp3) is 0.111. The molecule has 6 heteroatoms. The molecule has 0 radical (unpaired) electrons. The number of rotatable bonds is 3. The molecule has 4 rings (SSSR count). The lowest BCUT2D eigenvalue weighted by molar-refractivity contribution is 0.0559. The fourth-order valence-corrected chi connectivity index (χ4v) is 3.82. The average Bonchev–Trinajstić information content (AvgIpc) is 3.31. The molecule has 0 spiro atoms. The van der Waals surface area contributed by atoms with E-state index in [1.165, 1.54) is 14.2 Å². The number of carbonyl (C=O) groups is 2. The zero-order valence-corrected chi connectivity index (χ0v) is 13.8. The molecule has 0 aromatic carbocycles. The second-order valence-electron chi connectivity index (χ2n) is 5.32. The van der Waals surface area contributed by atoms with Crippen LogP contribution in [0.2, 0.25) is 0 Å². The molecule has 0 unspecified atom stereocenters. The monoisotopic (exact) mass is 339 g/mol. The summed E-state index contributed by atoms with van der Waals surface area (Å²) in [5.41, 5.74) is 4.58. The molecule has 0 atom stereocenters. The Morgan fingerprint density at radius 2 is 1.79 bits per heavy atom. The third-order valence-electron chi connectivity index (χ3n) is 4.15. The summed E-state index contributed by atoms with van der Waals surface area (Å²) in [6.07, 6.45) is 0. The van der Waals surface area contributed by atoms with Crippen molar-refractivity contribution < 1.29 is 19.1 Å². The highest BCUT2D eigenvalue weighted by atomic mass is 32.1. The van der Waals surface area contributed by atoms with E-state index in [1.54, 1.807) is 17.4 Å². The number of carbonyl (C=O) groups excluding carboxylic acids is 2. The normalized spacial score (nSPS) is 11.2. The molecule has 4 heterocycles. The number of methoxy groups -OCH3 is 2. The third kappa shape index (κ3) is 1.86. The van der Waals surface area contributed by atoms with Crippen LogP contribution in [-0.2, 0) is 9.47 Å². The Hall–Kier alpha value is -2.86. The van der Waals surface area contributed by atoms with E-state index in [-0.39, 0.29) is 11.1 Å². The van der Waals surface area contributed by atoms with Crippen LogP contribution in [0.4, 0.5) is 0 Å². The van der Waals surface area contributed by atoms with Crippen molar-refractivity contribution in [2.45, 2.75) is 0 Å². The van der Waals surface area contributed by atoms with Crippen molar-refractivity contribution in [2.75, 3.05) is 14.2 Å². The number of thiophene rings is 1. The van der Waals surface area contributed by atoms with Crippen LogP contribution in [0.1, 0.15) is 20.7 Å². The van der Waals surface area contributed by atoms with Crippen molar-refractivity contribution in [3.05, 3.63) is 52.2 Å². The zero-order chi connectivity index (χ0) is 16.8. The van der Waals surface area contributed by atoms with E-state index in [4.69, 9.17) is 9.47 Å². The number of nitrogens with zero attached hydrogens (tertiary/aromatic N) is 1. The van der Waals surface area contributed by atoms with Gasteiger partial charge in [-0.3, -0.25) is 0 Å². The first-order chi connectivity index (χ1) is 11.7. The minimum Gasteiger partial charge on any atom is -0.465 e. The van der Waals surface area contributed by atoms with E-state index < -0.39 is 11.9 Å². The molecule has 0 bridgehead atoms. The van der Waals surface area contributed by atoms with Gasteiger partial charge in [-0.25, -0.2) is 9.59 Å². The van der Waals surface area contributed by atoms with Crippen molar-refractivity contribution >= 4 is 39.8 Å². The van der Waals surface area contributed by atoms with E-state index in [0.717, 1.165) is 16.6 Å². The molecule has 0 fully saturated rings. The highest BCUT2D eigenvalue weighted by Crippen LogP contribution is 2.38. The van der Waals surface area contributed by atoms with Crippen LogP contribution >= 0.6 is 11.3 Å². The highest BCUT2D eigenvalue weighted by molar-refractivity contribution is 7.08. The molecule has 4 aromatic heterocycles. The molecule has 24 heavy (non-hydrogen) atoms. The quantitative estimate of drug-likeness (QED) is 0.532. The molecular weight excluding hydrogens is 326 g/mol. The largest absolute Gasteiger partial charge is 0.465 e. The van der Waals surface area contributed by atoms with Crippen molar-refractivity contribution in [2.24, 2.45) is 0 Å². The predicted octanol–water partition coefficient (Wildman–Crippen LogP) is 3.83. The molecule has 0 amide bonds. The maximum Gasteiger partial charge on any atom is 0.340 e. The van der Waals surface area contributed by atoms with Crippen LogP contribution in [-0.4, -0.2) is 30.6 Å². The van der Waals surface area contributed by atoms with E-state index in [9.17, 15) is 9.59 Å². The van der Waals surface area contributed by atoms with Crippen LogP contribution in [0, 0.1) is 0 Å². The van der Waals surface area contributed by atoms with Gasteiger partial charge >= 0.3 is 11.9 Å². The number of esters is 2. The smallest absolute Gasteiger partial charge is 0.340 e. The lowest BCUT2D eigenvalue weighted by atomic mass is 10.0. The van der Waals surface area contributed by atoms with Crippen LogP contribution in [0.5, 0.6) is 0 Å². The van der Waals surface area contributed by atoms with Crippen molar-refractivity contribution in [3.63, 3.8) is 0 Å². The summed E-state index contributed by atoms with van der Waals surface area (Å²) in [5.74, 6) is -1.11. The molecule has 4 aromatic rings. The standard InChI is InChI=1S/C18H13NO4S/c1-22-17(20)14-13-5-3-4-11-8-12(10-6-7-24-9-10)16(19(11)13)15(14)18(21)23-2/h3-9H,1-2H3. The Labute approximate surface area is 141 Å². The van der Waals surface area contributed by atoms with Crippen LogP contribution in [0.25, 0.3) is 27.7 Å². The molecule has 0 saturated heterocycles. The summed E-state index contributed by atoms with van der Waals surface area (Å²) in [7, 11) is 2.61. The lowest BCUT2D eigenvalue weighted by Gasteiger charge is -2.03. The maximum atomic E-state index is 12.5. The summed E-state index contributed by atoms with van der Waals surface area (Å²) < 4.78 is 11.8. The highest BCUT2D eigenvalue weighted by Gasteiger charge is 2.30. The summed E-state index contributed by atoms with van der Waals surface area (Å²) in [6.45, 7) is 0. The van der Waals surface area contributed by atoms with E-state index in [1.807, 2.05) is 39.4 Å². The van der Waals surface area contributed by atoms with Gasteiger partial charge in [0.05, 0.1) is 25.3 Å². The van der Waals surface area contributed by atoms with Crippen LogP contribution in [0.15, 0.2) is 41.1 Å². The Balaban J connectivity index is 2.22. The zero-order valence-electron chi connectivity index (χ0n) is 13.0. The lowest BCUT2D eigenvalue weighted by Crippen LogP contribution is -2.10. The molecule has 0 aliphatic carbocycles. The SMILES string of the molecule is COC(=O)c1c(C(=O)OC)c2c(-c3ccsc3)cc3cccc1n32. The second kappa shape index (κ2) is 5.35. The molecular formula is C18H13NO4S. The minimum absolute atomic E-state index is 0.238. The van der Waals surface area contributed by atoms with E-state index in [2.05, 4.69) is 0 Å². The molecule has 120 valence electrons. The van der Waals surface area contributed by atoms with Gasteiger partial charge in [-0.1, -0.05) is 6.07 Å². The van der Waals surface area contributed by atoms with Crippen molar-refractivity contribution in [1.29, 1.82) is 0 Å². The molecule has 0 saturated carbocycles. The van der Waals surface area contributed by atoms with Gasteiger partial charge in [0, 0.05) is 11.1 Å². The van der Waals surface area contributed by atoms with Gasteiger partial charge in [0.15, 0.2) is 0 Å². The predicted molar refractivity (Wildman–Crippen MR) is 92.1 cm³/mol. The van der Waals surface area contributed by atoms with Gasteiger partial charge in [-0.05, 0) is 40.6 Å². The molecule has 0 aliphatic heterocycles. The number of ether oxygens (including phenoxy) is 2. The Kier molecular flexibility index (Phi) is 3.28. The van der Waals surface area contributed by atoms with E-state index in [0.29, 0.717) is 11.0 Å². The summed E-state index contributed by atoms with van der Waals surface area (Å²) in [4.78, 5) is 24.8. The third-order valence-corrected chi connectivity index (χ3v) is 4.83. The number of hydrogen-bond donors (Lipinski definition) is 0. The molecule has 5 nitrogen and oxygen atoms in total. The first-order valence-electron chi connectivity index (χ1n) is 7.26. The summed E-state index contributed by atoms with van der Waals surface area (Å²) >= 11 is 1.57. The van der Waals surface area contributed by atoms with Gasteiger partial charge in [0.25, 0.3) is 0 Å².